The zero-order chi connectivity index (χ0) is 13.8. The highest BCUT2D eigenvalue weighted by Crippen LogP contribution is 2.34. The van der Waals surface area contributed by atoms with Crippen LogP contribution in [-0.4, -0.2) is 23.0 Å². The van der Waals surface area contributed by atoms with Crippen LogP contribution in [0.15, 0.2) is 24.3 Å². The molecule has 1 unspecified atom stereocenters. The van der Waals surface area contributed by atoms with Gasteiger partial charge in [-0.2, -0.15) is 0 Å². The standard InChI is InChI=1S/C14H16ClNO3/c15-11-4-2-1-3-10(11)7-13(17)16-12(8-14(18)19)9-5-6-9/h1-4,9,12H,5-8H2,(H,16,17)(H,18,19). The molecule has 0 spiro atoms. The first-order chi connectivity index (χ1) is 9.06. The Balaban J connectivity index is 1.92. The van der Waals surface area contributed by atoms with Gasteiger partial charge in [-0.05, 0) is 30.4 Å². The predicted octanol–water partition coefficient (Wildman–Crippen LogP) is 2.25. The van der Waals surface area contributed by atoms with Crippen LogP contribution in [0.25, 0.3) is 0 Å². The van der Waals surface area contributed by atoms with Gasteiger partial charge in [-0.15, -0.1) is 0 Å². The molecule has 1 aliphatic rings. The van der Waals surface area contributed by atoms with Crippen LogP contribution in [0.1, 0.15) is 24.8 Å². The Morgan fingerprint density at radius 1 is 1.37 bits per heavy atom. The molecule has 0 radical (unpaired) electrons. The van der Waals surface area contributed by atoms with Crippen LogP contribution in [0.3, 0.4) is 0 Å². The van der Waals surface area contributed by atoms with Crippen LogP contribution in [0.2, 0.25) is 5.02 Å². The van der Waals surface area contributed by atoms with E-state index >= 15 is 0 Å². The van der Waals surface area contributed by atoms with Gasteiger partial charge in [0, 0.05) is 11.1 Å². The molecule has 2 N–H and O–H groups in total. The molecule has 2 rings (SSSR count). The average Bonchev–Trinajstić information content (AvgIpc) is 3.14. The number of hydrogen-bond acceptors (Lipinski definition) is 2. The van der Waals surface area contributed by atoms with Crippen molar-refractivity contribution in [2.24, 2.45) is 5.92 Å². The summed E-state index contributed by atoms with van der Waals surface area (Å²) in [6.07, 6.45) is 2.15. The molecule has 5 heteroatoms. The van der Waals surface area contributed by atoms with E-state index in [4.69, 9.17) is 16.7 Å². The summed E-state index contributed by atoms with van der Waals surface area (Å²) < 4.78 is 0. The summed E-state index contributed by atoms with van der Waals surface area (Å²) in [4.78, 5) is 22.7. The molecular formula is C14H16ClNO3. The number of carbonyl (C=O) groups excluding carboxylic acids is 1. The first-order valence-corrected chi connectivity index (χ1v) is 6.68. The first-order valence-electron chi connectivity index (χ1n) is 6.31. The smallest absolute Gasteiger partial charge is 0.305 e. The Bertz CT molecular complexity index is 485. The minimum atomic E-state index is -0.880. The zero-order valence-corrected chi connectivity index (χ0v) is 11.2. The fourth-order valence-electron chi connectivity index (χ4n) is 2.09. The summed E-state index contributed by atoms with van der Waals surface area (Å²) in [6, 6.07) is 6.91. The van der Waals surface area contributed by atoms with Crippen molar-refractivity contribution in [3.63, 3.8) is 0 Å². The Hall–Kier alpha value is -1.55. The van der Waals surface area contributed by atoms with E-state index in [1.54, 1.807) is 18.2 Å². The lowest BCUT2D eigenvalue weighted by atomic mass is 10.1. The molecular weight excluding hydrogens is 266 g/mol. The summed E-state index contributed by atoms with van der Waals surface area (Å²) in [7, 11) is 0. The normalized spacial score (nSPS) is 15.8. The monoisotopic (exact) mass is 281 g/mol. The van der Waals surface area contributed by atoms with Gasteiger partial charge in [0.25, 0.3) is 0 Å². The van der Waals surface area contributed by atoms with E-state index < -0.39 is 5.97 Å². The second-order valence-electron chi connectivity index (χ2n) is 4.88. The second kappa shape index (κ2) is 6.06. The molecule has 1 saturated carbocycles. The number of benzene rings is 1. The lowest BCUT2D eigenvalue weighted by Gasteiger charge is -2.16. The van der Waals surface area contributed by atoms with Gasteiger partial charge in [-0.25, -0.2) is 0 Å². The summed E-state index contributed by atoms with van der Waals surface area (Å²) in [5, 5.41) is 12.2. The topological polar surface area (TPSA) is 66.4 Å². The largest absolute Gasteiger partial charge is 0.481 e. The number of hydrogen-bond donors (Lipinski definition) is 2. The third-order valence-electron chi connectivity index (χ3n) is 3.24. The number of aliphatic carboxylic acids is 1. The van der Waals surface area contributed by atoms with Crippen molar-refractivity contribution in [1.82, 2.24) is 5.32 Å². The van der Waals surface area contributed by atoms with Crippen molar-refractivity contribution < 1.29 is 14.7 Å². The Kier molecular flexibility index (Phi) is 4.43. The molecule has 0 bridgehead atoms. The highest BCUT2D eigenvalue weighted by atomic mass is 35.5. The molecule has 1 atom stereocenters. The maximum Gasteiger partial charge on any atom is 0.305 e. The van der Waals surface area contributed by atoms with Crippen molar-refractivity contribution >= 4 is 23.5 Å². The maximum absolute atomic E-state index is 11.9. The van der Waals surface area contributed by atoms with Gasteiger partial charge in [0.05, 0.1) is 12.8 Å². The Morgan fingerprint density at radius 3 is 2.63 bits per heavy atom. The van der Waals surface area contributed by atoms with Crippen molar-refractivity contribution in [2.45, 2.75) is 31.7 Å². The fraction of sp³-hybridized carbons (Fsp3) is 0.429. The van der Waals surface area contributed by atoms with E-state index in [2.05, 4.69) is 5.32 Å². The lowest BCUT2D eigenvalue weighted by molar-refractivity contribution is -0.137. The third kappa shape index (κ3) is 4.24. The number of carboxylic acids is 1. The second-order valence-corrected chi connectivity index (χ2v) is 5.28. The van der Waals surface area contributed by atoms with Gasteiger partial charge < -0.3 is 10.4 Å². The summed E-state index contributed by atoms with van der Waals surface area (Å²) in [5.74, 6) is -0.743. The molecule has 1 aromatic carbocycles. The van der Waals surface area contributed by atoms with E-state index in [0.717, 1.165) is 18.4 Å². The lowest BCUT2D eigenvalue weighted by Crippen LogP contribution is -2.38. The van der Waals surface area contributed by atoms with Gasteiger partial charge in [0.2, 0.25) is 5.91 Å². The number of halogens is 1. The van der Waals surface area contributed by atoms with Crippen molar-refractivity contribution in [3.05, 3.63) is 34.9 Å². The molecule has 1 aromatic rings. The molecule has 1 amide bonds. The number of amides is 1. The first kappa shape index (κ1) is 13.9. The van der Waals surface area contributed by atoms with Crippen molar-refractivity contribution in [3.8, 4) is 0 Å². The zero-order valence-electron chi connectivity index (χ0n) is 10.4. The van der Waals surface area contributed by atoms with E-state index in [1.165, 1.54) is 0 Å². The van der Waals surface area contributed by atoms with Crippen molar-refractivity contribution in [2.75, 3.05) is 0 Å². The summed E-state index contributed by atoms with van der Waals surface area (Å²) >= 11 is 5.99. The van der Waals surface area contributed by atoms with E-state index in [9.17, 15) is 9.59 Å². The van der Waals surface area contributed by atoms with Crippen molar-refractivity contribution in [1.29, 1.82) is 0 Å². The molecule has 4 nitrogen and oxygen atoms in total. The van der Waals surface area contributed by atoms with Crippen LogP contribution in [0.4, 0.5) is 0 Å². The average molecular weight is 282 g/mol. The molecule has 0 heterocycles. The summed E-state index contributed by atoms with van der Waals surface area (Å²) in [5.41, 5.74) is 0.756. The highest BCUT2D eigenvalue weighted by Gasteiger charge is 2.33. The number of rotatable bonds is 6. The molecule has 1 aliphatic carbocycles. The quantitative estimate of drug-likeness (QED) is 0.840. The maximum atomic E-state index is 11.9. The van der Waals surface area contributed by atoms with E-state index in [-0.39, 0.29) is 24.8 Å². The molecule has 19 heavy (non-hydrogen) atoms. The van der Waals surface area contributed by atoms with Crippen LogP contribution in [0, 0.1) is 5.92 Å². The van der Waals surface area contributed by atoms with Gasteiger partial charge in [0.1, 0.15) is 0 Å². The van der Waals surface area contributed by atoms with E-state index in [1.807, 2.05) is 6.07 Å². The summed E-state index contributed by atoms with van der Waals surface area (Å²) in [6.45, 7) is 0. The Labute approximate surface area is 116 Å². The molecule has 0 aromatic heterocycles. The minimum absolute atomic E-state index is 0.0150. The van der Waals surface area contributed by atoms with E-state index in [0.29, 0.717) is 10.9 Å². The van der Waals surface area contributed by atoms with Gasteiger partial charge in [-0.3, -0.25) is 9.59 Å². The fourth-order valence-corrected chi connectivity index (χ4v) is 2.30. The van der Waals surface area contributed by atoms with Crippen LogP contribution in [0.5, 0.6) is 0 Å². The third-order valence-corrected chi connectivity index (χ3v) is 3.61. The number of carboxylic acid groups (broad SMARTS) is 1. The van der Waals surface area contributed by atoms with Crippen LogP contribution < -0.4 is 5.32 Å². The molecule has 0 aliphatic heterocycles. The highest BCUT2D eigenvalue weighted by molar-refractivity contribution is 6.31. The SMILES string of the molecule is O=C(O)CC(NC(=O)Cc1ccccc1Cl)C1CC1. The molecule has 1 fully saturated rings. The van der Waals surface area contributed by atoms with Gasteiger partial charge >= 0.3 is 5.97 Å². The van der Waals surface area contributed by atoms with Gasteiger partial charge in [0.15, 0.2) is 0 Å². The number of carbonyl (C=O) groups is 2. The predicted molar refractivity (Wildman–Crippen MR) is 72.1 cm³/mol. The molecule has 102 valence electrons. The molecule has 0 saturated heterocycles. The van der Waals surface area contributed by atoms with Crippen LogP contribution in [-0.2, 0) is 16.0 Å². The van der Waals surface area contributed by atoms with Gasteiger partial charge in [-0.1, -0.05) is 29.8 Å². The Morgan fingerprint density at radius 2 is 2.05 bits per heavy atom. The number of nitrogens with one attached hydrogen (secondary N) is 1. The minimum Gasteiger partial charge on any atom is -0.481 e. The van der Waals surface area contributed by atoms with Crippen LogP contribution >= 0.6 is 11.6 Å².